The molecule has 2 aromatic carbocycles. The molecule has 0 saturated heterocycles. The highest BCUT2D eigenvalue weighted by Gasteiger charge is 2.36. The van der Waals surface area contributed by atoms with Crippen LogP contribution >= 0.6 is 0 Å². The molecular weight excluding hydrogens is 402 g/mol. The number of hydrogen-bond donors (Lipinski definition) is 3. The van der Waals surface area contributed by atoms with Crippen LogP contribution in [0.15, 0.2) is 54.6 Å². The molecule has 0 radical (unpaired) electrons. The Balaban J connectivity index is 1.81. The van der Waals surface area contributed by atoms with Crippen LogP contribution < -0.4 is 10.2 Å². The Kier molecular flexibility index (Phi) is 6.99. The summed E-state index contributed by atoms with van der Waals surface area (Å²) in [6.07, 6.45) is -0.381. The second-order valence-electron chi connectivity index (χ2n) is 7.30. The molecule has 4 amide bonds. The summed E-state index contributed by atoms with van der Waals surface area (Å²) < 4.78 is 0. The van der Waals surface area contributed by atoms with Crippen LogP contribution in [0.1, 0.15) is 17.5 Å². The van der Waals surface area contributed by atoms with E-state index >= 15 is 0 Å². The van der Waals surface area contributed by atoms with Gasteiger partial charge in [0, 0.05) is 0 Å². The van der Waals surface area contributed by atoms with Crippen LogP contribution in [0, 0.1) is 5.92 Å². The predicted molar refractivity (Wildman–Crippen MR) is 110 cm³/mol. The van der Waals surface area contributed by atoms with Gasteiger partial charge in [0.1, 0.15) is 6.04 Å². The number of aryl methyl sites for hydroxylation is 1. The lowest BCUT2D eigenvalue weighted by Gasteiger charge is -2.25. The minimum atomic E-state index is -1.43. The van der Waals surface area contributed by atoms with Gasteiger partial charge >= 0.3 is 6.09 Å². The molecular formula is C22H23N3O6. The lowest BCUT2D eigenvalue weighted by atomic mass is 9.97. The number of nitrogens with one attached hydrogen (secondary N) is 1. The number of amides is 4. The maximum atomic E-state index is 13.0. The second kappa shape index (κ2) is 9.86. The lowest BCUT2D eigenvalue weighted by Crippen LogP contribution is -2.52. The Morgan fingerprint density at radius 3 is 2.52 bits per heavy atom. The normalized spacial score (nSPS) is 16.6. The van der Waals surface area contributed by atoms with E-state index in [2.05, 4.69) is 5.32 Å². The molecule has 3 N–H and O–H groups in total. The molecule has 0 spiro atoms. The summed E-state index contributed by atoms with van der Waals surface area (Å²) >= 11 is 0. The molecule has 9 nitrogen and oxygen atoms in total. The molecule has 162 valence electrons. The minimum Gasteiger partial charge on any atom is -0.464 e. The van der Waals surface area contributed by atoms with E-state index in [1.807, 2.05) is 18.2 Å². The summed E-state index contributed by atoms with van der Waals surface area (Å²) in [5.41, 5.74) is 1.78. The fourth-order valence-corrected chi connectivity index (χ4v) is 3.67. The molecule has 2 atom stereocenters. The van der Waals surface area contributed by atoms with E-state index in [9.17, 15) is 29.5 Å². The number of imide groups is 1. The first kappa shape index (κ1) is 22.0. The summed E-state index contributed by atoms with van der Waals surface area (Å²) in [5.74, 6) is -2.14. The monoisotopic (exact) mass is 425 g/mol. The van der Waals surface area contributed by atoms with E-state index in [1.165, 1.54) is 0 Å². The lowest BCUT2D eigenvalue weighted by molar-refractivity contribution is -0.154. The van der Waals surface area contributed by atoms with E-state index in [0.29, 0.717) is 21.9 Å². The Hall–Kier alpha value is -3.72. The molecule has 2 aromatic rings. The number of anilines is 1. The molecule has 1 aliphatic heterocycles. The first-order chi connectivity index (χ1) is 14.9. The van der Waals surface area contributed by atoms with Crippen LogP contribution in [-0.4, -0.2) is 52.3 Å². The molecule has 0 saturated carbocycles. The molecule has 0 aliphatic carbocycles. The maximum Gasteiger partial charge on any atom is 0.418 e. The van der Waals surface area contributed by atoms with Crippen molar-refractivity contribution in [3.05, 3.63) is 65.7 Å². The van der Waals surface area contributed by atoms with Gasteiger partial charge in [-0.15, -0.1) is 0 Å². The Morgan fingerprint density at radius 2 is 1.84 bits per heavy atom. The van der Waals surface area contributed by atoms with E-state index in [-0.39, 0.29) is 31.5 Å². The van der Waals surface area contributed by atoms with Crippen molar-refractivity contribution in [2.75, 3.05) is 11.4 Å². The number of para-hydroxylation sites is 1. The number of carbonyl (C=O) groups excluding carboxylic acids is 3. The predicted octanol–water partition coefficient (Wildman–Crippen LogP) is 1.84. The van der Waals surface area contributed by atoms with Gasteiger partial charge in [-0.05, 0) is 36.5 Å². The van der Waals surface area contributed by atoms with Crippen molar-refractivity contribution in [3.63, 3.8) is 0 Å². The van der Waals surface area contributed by atoms with Crippen molar-refractivity contribution in [2.45, 2.75) is 25.3 Å². The van der Waals surface area contributed by atoms with Crippen molar-refractivity contribution in [1.82, 2.24) is 10.4 Å². The third-order valence-corrected chi connectivity index (χ3v) is 5.19. The quantitative estimate of drug-likeness (QED) is 0.353. The fraction of sp³-hybridized carbons (Fsp3) is 0.273. The number of fused-ring (bicyclic) bond motifs is 1. The van der Waals surface area contributed by atoms with Crippen molar-refractivity contribution >= 4 is 30.0 Å². The first-order valence-corrected chi connectivity index (χ1v) is 9.80. The number of benzene rings is 2. The smallest absolute Gasteiger partial charge is 0.418 e. The Bertz CT molecular complexity index is 965. The van der Waals surface area contributed by atoms with Crippen LogP contribution in [0.5, 0.6) is 0 Å². The largest absolute Gasteiger partial charge is 0.464 e. The minimum absolute atomic E-state index is 0.199. The van der Waals surface area contributed by atoms with E-state index in [4.69, 9.17) is 0 Å². The van der Waals surface area contributed by atoms with E-state index in [1.54, 1.807) is 36.4 Å². The van der Waals surface area contributed by atoms with Crippen LogP contribution in [0.4, 0.5) is 10.5 Å². The topological polar surface area (TPSA) is 127 Å². The average molecular weight is 425 g/mol. The van der Waals surface area contributed by atoms with Gasteiger partial charge in [-0.1, -0.05) is 48.5 Å². The first-order valence-electron chi connectivity index (χ1n) is 9.80. The third kappa shape index (κ3) is 5.26. The molecule has 1 heterocycles. The number of carboxylic acid groups (broad SMARTS) is 1. The summed E-state index contributed by atoms with van der Waals surface area (Å²) in [4.78, 5) is 49.3. The SMILES string of the molecule is O=CN(O)C[C@@H](Cc1ccccc1)C(=O)N[C@H]1CCc2ccccc2N(C(=O)O)C1=O. The molecule has 1 aliphatic rings. The summed E-state index contributed by atoms with van der Waals surface area (Å²) in [5, 5.41) is 22.2. The number of hydroxylamine groups is 2. The van der Waals surface area contributed by atoms with Crippen LogP contribution in [0.2, 0.25) is 0 Å². The molecule has 0 aromatic heterocycles. The average Bonchev–Trinajstić information content (AvgIpc) is 2.90. The number of hydrogen-bond acceptors (Lipinski definition) is 5. The van der Waals surface area contributed by atoms with Gasteiger partial charge < -0.3 is 10.4 Å². The summed E-state index contributed by atoms with van der Waals surface area (Å²) in [7, 11) is 0. The van der Waals surface area contributed by atoms with Crippen molar-refractivity contribution in [3.8, 4) is 0 Å². The highest BCUT2D eigenvalue weighted by molar-refractivity contribution is 6.15. The van der Waals surface area contributed by atoms with Gasteiger partial charge in [-0.2, -0.15) is 0 Å². The number of nitrogens with zero attached hydrogens (tertiary/aromatic N) is 2. The molecule has 0 fully saturated rings. The maximum absolute atomic E-state index is 13.0. The van der Waals surface area contributed by atoms with Crippen LogP contribution in [0.25, 0.3) is 0 Å². The van der Waals surface area contributed by atoms with Crippen molar-refractivity contribution in [2.24, 2.45) is 5.92 Å². The zero-order valence-corrected chi connectivity index (χ0v) is 16.7. The zero-order chi connectivity index (χ0) is 22.4. The Morgan fingerprint density at radius 1 is 1.16 bits per heavy atom. The fourth-order valence-electron chi connectivity index (χ4n) is 3.67. The highest BCUT2D eigenvalue weighted by Crippen LogP contribution is 2.27. The third-order valence-electron chi connectivity index (χ3n) is 5.19. The second-order valence-corrected chi connectivity index (χ2v) is 7.30. The molecule has 31 heavy (non-hydrogen) atoms. The summed E-state index contributed by atoms with van der Waals surface area (Å²) in [6, 6.07) is 14.7. The van der Waals surface area contributed by atoms with Gasteiger partial charge in [-0.25, -0.2) is 14.8 Å². The molecule has 9 heteroatoms. The van der Waals surface area contributed by atoms with Crippen LogP contribution in [0.3, 0.4) is 0 Å². The molecule has 0 bridgehead atoms. The van der Waals surface area contributed by atoms with Crippen molar-refractivity contribution in [1.29, 1.82) is 0 Å². The van der Waals surface area contributed by atoms with Gasteiger partial charge in [0.15, 0.2) is 0 Å². The van der Waals surface area contributed by atoms with E-state index < -0.39 is 29.9 Å². The summed E-state index contributed by atoms with van der Waals surface area (Å²) in [6.45, 7) is -0.270. The molecule has 3 rings (SSSR count). The van der Waals surface area contributed by atoms with Crippen molar-refractivity contribution < 1.29 is 29.5 Å². The van der Waals surface area contributed by atoms with E-state index in [0.717, 1.165) is 5.56 Å². The van der Waals surface area contributed by atoms with Crippen LogP contribution in [-0.2, 0) is 27.2 Å². The number of rotatable bonds is 7. The van der Waals surface area contributed by atoms with Gasteiger partial charge in [-0.3, -0.25) is 19.6 Å². The molecule has 0 unspecified atom stereocenters. The Labute approximate surface area is 178 Å². The zero-order valence-electron chi connectivity index (χ0n) is 16.7. The standard InChI is InChI=1S/C22H23N3O6/c26-14-24(31)13-17(12-15-6-2-1-3-7-15)20(27)23-18-11-10-16-8-4-5-9-19(16)25(21(18)28)22(29)30/h1-9,14,17-18,31H,10-13H2,(H,23,27)(H,29,30)/t17-,18+/m1/s1. The van der Waals surface area contributed by atoms with Gasteiger partial charge in [0.05, 0.1) is 18.2 Å². The number of carbonyl (C=O) groups is 4. The van der Waals surface area contributed by atoms with Gasteiger partial charge in [0.25, 0.3) is 5.91 Å². The highest BCUT2D eigenvalue weighted by atomic mass is 16.5. The van der Waals surface area contributed by atoms with Gasteiger partial charge in [0.2, 0.25) is 12.3 Å².